The van der Waals surface area contributed by atoms with Gasteiger partial charge in [0.25, 0.3) is 0 Å². The Morgan fingerprint density at radius 3 is 2.62 bits per heavy atom. The van der Waals surface area contributed by atoms with Crippen molar-refractivity contribution in [2.45, 2.75) is 38.3 Å². The second-order valence-electron chi connectivity index (χ2n) is 5.70. The molecule has 1 N–H and O–H groups in total. The highest BCUT2D eigenvalue weighted by Crippen LogP contribution is 2.38. The summed E-state index contributed by atoms with van der Waals surface area (Å²) < 4.78 is 5.32. The first-order chi connectivity index (χ1) is 7.70. The molecule has 3 atom stereocenters. The van der Waals surface area contributed by atoms with E-state index in [1.165, 1.54) is 25.8 Å². The summed E-state index contributed by atoms with van der Waals surface area (Å²) in [4.78, 5) is 2.48. The predicted octanol–water partition coefficient (Wildman–Crippen LogP) is 1.34. The number of hydrogen-bond donors (Lipinski definition) is 1. The van der Waals surface area contributed by atoms with Gasteiger partial charge in [0.05, 0.1) is 6.61 Å². The van der Waals surface area contributed by atoms with Crippen LogP contribution in [0.5, 0.6) is 0 Å². The molecule has 2 aliphatic carbocycles. The second-order valence-corrected chi connectivity index (χ2v) is 5.70. The van der Waals surface area contributed by atoms with E-state index >= 15 is 0 Å². The standard InChI is InChI=1S/C13H26N2O/c1-10-6-11(10)8-15(2)13(9-16-3)7-14-12-4-5-12/h10-14H,4-9H2,1-3H3. The smallest absolute Gasteiger partial charge is 0.0630 e. The molecule has 2 rings (SSSR count). The molecule has 3 heteroatoms. The van der Waals surface area contributed by atoms with Crippen LogP contribution in [0, 0.1) is 11.8 Å². The molecule has 0 spiro atoms. The van der Waals surface area contributed by atoms with Gasteiger partial charge in [-0.25, -0.2) is 0 Å². The normalized spacial score (nSPS) is 30.8. The van der Waals surface area contributed by atoms with E-state index in [4.69, 9.17) is 4.74 Å². The molecule has 2 saturated carbocycles. The van der Waals surface area contributed by atoms with Crippen molar-refractivity contribution in [3.63, 3.8) is 0 Å². The molecule has 94 valence electrons. The fourth-order valence-electron chi connectivity index (χ4n) is 2.30. The van der Waals surface area contributed by atoms with Gasteiger partial charge in [-0.1, -0.05) is 6.92 Å². The molecule has 2 fully saturated rings. The zero-order chi connectivity index (χ0) is 11.5. The summed E-state index contributed by atoms with van der Waals surface area (Å²) >= 11 is 0. The van der Waals surface area contributed by atoms with Gasteiger partial charge in [0.15, 0.2) is 0 Å². The second kappa shape index (κ2) is 5.48. The molecule has 3 nitrogen and oxygen atoms in total. The van der Waals surface area contributed by atoms with E-state index in [0.717, 1.165) is 31.0 Å². The Morgan fingerprint density at radius 1 is 1.44 bits per heavy atom. The first-order valence-electron chi connectivity index (χ1n) is 6.63. The van der Waals surface area contributed by atoms with Crippen LogP contribution in [0.15, 0.2) is 0 Å². The maximum atomic E-state index is 5.32. The summed E-state index contributed by atoms with van der Waals surface area (Å²) in [6, 6.07) is 1.34. The lowest BCUT2D eigenvalue weighted by Gasteiger charge is -2.28. The summed E-state index contributed by atoms with van der Waals surface area (Å²) in [7, 11) is 4.04. The largest absolute Gasteiger partial charge is 0.383 e. The van der Waals surface area contributed by atoms with Crippen LogP contribution in [0.25, 0.3) is 0 Å². The lowest BCUT2D eigenvalue weighted by atomic mass is 10.2. The molecule has 0 saturated heterocycles. The third kappa shape index (κ3) is 3.72. The van der Waals surface area contributed by atoms with Crippen LogP contribution in [0.1, 0.15) is 26.2 Å². The van der Waals surface area contributed by atoms with Crippen molar-refractivity contribution in [2.75, 3.05) is 33.9 Å². The quantitative estimate of drug-likeness (QED) is 0.676. The highest BCUT2D eigenvalue weighted by atomic mass is 16.5. The van der Waals surface area contributed by atoms with Crippen molar-refractivity contribution in [3.05, 3.63) is 0 Å². The Bertz CT molecular complexity index is 218. The molecule has 0 aromatic carbocycles. The van der Waals surface area contributed by atoms with Crippen LogP contribution in [0.3, 0.4) is 0 Å². The number of nitrogens with zero attached hydrogens (tertiary/aromatic N) is 1. The minimum absolute atomic E-state index is 0.540. The first kappa shape index (κ1) is 12.3. The van der Waals surface area contributed by atoms with Crippen LogP contribution < -0.4 is 5.32 Å². The van der Waals surface area contributed by atoms with Gasteiger partial charge in [-0.2, -0.15) is 0 Å². The number of methoxy groups -OCH3 is 1. The Hall–Kier alpha value is -0.120. The van der Waals surface area contributed by atoms with E-state index in [1.807, 2.05) is 0 Å². The Balaban J connectivity index is 1.69. The van der Waals surface area contributed by atoms with Gasteiger partial charge in [-0.15, -0.1) is 0 Å². The van der Waals surface area contributed by atoms with Crippen molar-refractivity contribution in [1.29, 1.82) is 0 Å². The minimum Gasteiger partial charge on any atom is -0.383 e. The molecule has 0 aliphatic heterocycles. The third-order valence-corrected chi connectivity index (χ3v) is 4.00. The van der Waals surface area contributed by atoms with Gasteiger partial charge >= 0.3 is 0 Å². The fraction of sp³-hybridized carbons (Fsp3) is 1.00. The van der Waals surface area contributed by atoms with Crippen molar-refractivity contribution < 1.29 is 4.74 Å². The molecule has 0 aromatic rings. The molecule has 0 aromatic heterocycles. The molecule has 2 aliphatic rings. The fourth-order valence-corrected chi connectivity index (χ4v) is 2.30. The Kier molecular flexibility index (Phi) is 4.22. The first-order valence-corrected chi connectivity index (χ1v) is 6.63. The van der Waals surface area contributed by atoms with Gasteiger partial charge in [0.2, 0.25) is 0 Å². The van der Waals surface area contributed by atoms with Crippen molar-refractivity contribution >= 4 is 0 Å². The van der Waals surface area contributed by atoms with Crippen molar-refractivity contribution in [3.8, 4) is 0 Å². The summed E-state index contributed by atoms with van der Waals surface area (Å²) in [6.07, 6.45) is 4.15. The van der Waals surface area contributed by atoms with E-state index in [9.17, 15) is 0 Å². The van der Waals surface area contributed by atoms with Crippen LogP contribution in [0.4, 0.5) is 0 Å². The van der Waals surface area contributed by atoms with Crippen molar-refractivity contribution in [2.24, 2.45) is 11.8 Å². The maximum Gasteiger partial charge on any atom is 0.0630 e. The monoisotopic (exact) mass is 226 g/mol. The van der Waals surface area contributed by atoms with Crippen LogP contribution in [-0.2, 0) is 4.74 Å². The number of nitrogens with one attached hydrogen (secondary N) is 1. The van der Waals surface area contributed by atoms with Gasteiger partial charge in [-0.05, 0) is 38.1 Å². The van der Waals surface area contributed by atoms with Gasteiger partial charge < -0.3 is 10.1 Å². The molecule has 0 heterocycles. The summed E-state index contributed by atoms with van der Waals surface area (Å²) in [5.41, 5.74) is 0. The van der Waals surface area contributed by atoms with Gasteiger partial charge in [0.1, 0.15) is 0 Å². The third-order valence-electron chi connectivity index (χ3n) is 4.00. The number of likely N-dealkylation sites (N-methyl/N-ethyl adjacent to an activating group) is 1. The molecule has 0 radical (unpaired) electrons. The lowest BCUT2D eigenvalue weighted by Crippen LogP contribution is -2.44. The van der Waals surface area contributed by atoms with E-state index in [2.05, 4.69) is 24.2 Å². The average Bonchev–Trinajstić information content (AvgIpc) is 3.13. The molecular weight excluding hydrogens is 200 g/mol. The molecule has 16 heavy (non-hydrogen) atoms. The Labute approximate surface area is 99.5 Å². The summed E-state index contributed by atoms with van der Waals surface area (Å²) in [5.74, 6) is 1.88. The highest BCUT2D eigenvalue weighted by molar-refractivity contribution is 4.88. The molecule has 0 amide bonds. The van der Waals surface area contributed by atoms with E-state index in [1.54, 1.807) is 7.11 Å². The predicted molar refractivity (Wildman–Crippen MR) is 66.6 cm³/mol. The van der Waals surface area contributed by atoms with Gasteiger partial charge in [0, 0.05) is 32.3 Å². The zero-order valence-corrected chi connectivity index (χ0v) is 10.9. The zero-order valence-electron chi connectivity index (χ0n) is 10.9. The van der Waals surface area contributed by atoms with Crippen LogP contribution in [0.2, 0.25) is 0 Å². The maximum absolute atomic E-state index is 5.32. The molecular formula is C13H26N2O. The lowest BCUT2D eigenvalue weighted by molar-refractivity contribution is 0.101. The number of ether oxygens (including phenoxy) is 1. The van der Waals surface area contributed by atoms with E-state index in [0.29, 0.717) is 6.04 Å². The number of hydrogen-bond acceptors (Lipinski definition) is 3. The minimum atomic E-state index is 0.540. The van der Waals surface area contributed by atoms with E-state index < -0.39 is 0 Å². The highest BCUT2D eigenvalue weighted by Gasteiger charge is 2.34. The number of rotatable bonds is 8. The average molecular weight is 226 g/mol. The molecule has 3 unspecified atom stereocenters. The topological polar surface area (TPSA) is 24.5 Å². The summed E-state index contributed by atoms with van der Waals surface area (Å²) in [6.45, 7) is 5.52. The SMILES string of the molecule is COCC(CNC1CC1)N(C)CC1CC1C. The molecule has 0 bridgehead atoms. The summed E-state index contributed by atoms with van der Waals surface area (Å²) in [5, 5.41) is 3.61. The van der Waals surface area contributed by atoms with Gasteiger partial charge in [-0.3, -0.25) is 4.90 Å². The van der Waals surface area contributed by atoms with Crippen LogP contribution >= 0.6 is 0 Å². The van der Waals surface area contributed by atoms with Crippen LogP contribution in [-0.4, -0.2) is 50.8 Å². The van der Waals surface area contributed by atoms with E-state index in [-0.39, 0.29) is 0 Å². The Morgan fingerprint density at radius 2 is 2.12 bits per heavy atom. The van der Waals surface area contributed by atoms with Crippen molar-refractivity contribution in [1.82, 2.24) is 10.2 Å².